The third kappa shape index (κ3) is 2.50. The molecule has 0 aliphatic heterocycles. The lowest BCUT2D eigenvalue weighted by Crippen LogP contribution is -2.03. The third-order valence-corrected chi connectivity index (χ3v) is 2.70. The number of nitrogens with zero attached hydrogens (tertiary/aromatic N) is 5. The number of thioether (sulfide) groups is 1. The fraction of sp³-hybridized carbons (Fsp3) is 0.300. The van der Waals surface area contributed by atoms with E-state index in [2.05, 4.69) is 25.1 Å². The molecule has 2 N–H and O–H groups in total. The quantitative estimate of drug-likeness (QED) is 0.800. The van der Waals surface area contributed by atoms with Crippen molar-refractivity contribution in [2.24, 2.45) is 0 Å². The summed E-state index contributed by atoms with van der Waals surface area (Å²) < 4.78 is 0. The van der Waals surface area contributed by atoms with Crippen LogP contribution in [-0.2, 0) is 0 Å². The summed E-state index contributed by atoms with van der Waals surface area (Å²) in [4.78, 5) is 12.5. The topological polar surface area (TPSA) is 90.5 Å². The summed E-state index contributed by atoms with van der Waals surface area (Å²) in [5, 5.41) is 8.61. The molecule has 2 aromatic heterocycles. The highest BCUT2D eigenvalue weighted by molar-refractivity contribution is 7.98. The number of rotatable bonds is 2. The Balaban J connectivity index is 2.59. The van der Waals surface area contributed by atoms with E-state index in [0.717, 1.165) is 17.0 Å². The van der Waals surface area contributed by atoms with Gasteiger partial charge >= 0.3 is 0 Å². The monoisotopic (exact) mass is 248 g/mol. The molecule has 2 aromatic rings. The van der Waals surface area contributed by atoms with Gasteiger partial charge in [-0.15, -0.1) is 0 Å². The Hall–Kier alpha value is -1.76. The molecule has 88 valence electrons. The van der Waals surface area contributed by atoms with Crippen molar-refractivity contribution in [2.45, 2.75) is 19.0 Å². The fourth-order valence-corrected chi connectivity index (χ4v) is 1.72. The molecule has 0 aromatic carbocycles. The van der Waals surface area contributed by atoms with Crippen LogP contribution in [-0.4, -0.2) is 31.4 Å². The van der Waals surface area contributed by atoms with Crippen LogP contribution in [0.15, 0.2) is 11.2 Å². The number of aryl methyl sites for hydroxylation is 2. The zero-order valence-electron chi connectivity index (χ0n) is 9.80. The molecule has 6 nitrogen and oxygen atoms in total. The normalized spacial score (nSPS) is 10.5. The van der Waals surface area contributed by atoms with E-state index in [1.807, 2.05) is 26.2 Å². The second-order valence-electron chi connectivity index (χ2n) is 3.49. The lowest BCUT2D eigenvalue weighted by Gasteiger charge is -2.05. The Labute approximate surface area is 103 Å². The van der Waals surface area contributed by atoms with Crippen molar-refractivity contribution in [3.8, 4) is 11.4 Å². The predicted molar refractivity (Wildman–Crippen MR) is 66.5 cm³/mol. The van der Waals surface area contributed by atoms with Crippen molar-refractivity contribution >= 4 is 17.7 Å². The number of anilines is 1. The van der Waals surface area contributed by atoms with Crippen LogP contribution in [0.4, 0.5) is 5.95 Å². The number of hydrogen-bond acceptors (Lipinski definition) is 7. The van der Waals surface area contributed by atoms with E-state index in [1.54, 1.807) is 0 Å². The standard InChI is InChI=1S/C10H12N6S/c1-5-4-7(6(2)16-15-5)8-12-9(11)14-10(13-8)17-3/h4H,1-3H3,(H2,11,12,13,14). The van der Waals surface area contributed by atoms with Crippen LogP contribution in [0.2, 0.25) is 0 Å². The average Bonchev–Trinajstić information content (AvgIpc) is 2.31. The number of nitrogens with two attached hydrogens (primary N) is 1. The number of hydrogen-bond donors (Lipinski definition) is 1. The molecule has 0 spiro atoms. The highest BCUT2D eigenvalue weighted by Crippen LogP contribution is 2.20. The van der Waals surface area contributed by atoms with Crippen molar-refractivity contribution in [2.75, 3.05) is 12.0 Å². The molecule has 17 heavy (non-hydrogen) atoms. The first-order valence-electron chi connectivity index (χ1n) is 4.97. The molecule has 0 saturated heterocycles. The Bertz CT molecular complexity index is 556. The maximum absolute atomic E-state index is 5.65. The molecular formula is C10H12N6S. The Kier molecular flexibility index (Phi) is 3.19. The molecule has 0 fully saturated rings. The van der Waals surface area contributed by atoms with Gasteiger partial charge in [0, 0.05) is 5.56 Å². The third-order valence-electron chi connectivity index (χ3n) is 2.16. The molecule has 7 heteroatoms. The van der Waals surface area contributed by atoms with Gasteiger partial charge in [-0.2, -0.15) is 20.2 Å². The van der Waals surface area contributed by atoms with Crippen LogP contribution < -0.4 is 5.73 Å². The first-order chi connectivity index (χ1) is 8.10. The molecule has 0 atom stereocenters. The van der Waals surface area contributed by atoms with E-state index in [4.69, 9.17) is 5.73 Å². The predicted octanol–water partition coefficient (Wildman–Crippen LogP) is 1.25. The second kappa shape index (κ2) is 4.62. The van der Waals surface area contributed by atoms with Gasteiger partial charge in [-0.05, 0) is 26.2 Å². The van der Waals surface area contributed by atoms with Gasteiger partial charge in [-0.3, -0.25) is 0 Å². The van der Waals surface area contributed by atoms with Gasteiger partial charge in [0.15, 0.2) is 11.0 Å². The van der Waals surface area contributed by atoms with E-state index in [-0.39, 0.29) is 5.95 Å². The Morgan fingerprint density at radius 3 is 2.59 bits per heavy atom. The van der Waals surface area contributed by atoms with E-state index >= 15 is 0 Å². The highest BCUT2D eigenvalue weighted by Gasteiger charge is 2.10. The summed E-state index contributed by atoms with van der Waals surface area (Å²) >= 11 is 1.42. The van der Waals surface area contributed by atoms with Gasteiger partial charge in [-0.25, -0.2) is 4.98 Å². The smallest absolute Gasteiger partial charge is 0.224 e. The van der Waals surface area contributed by atoms with Crippen LogP contribution in [0.5, 0.6) is 0 Å². The Morgan fingerprint density at radius 2 is 1.88 bits per heavy atom. The summed E-state index contributed by atoms with van der Waals surface area (Å²) in [6.07, 6.45) is 1.89. The van der Waals surface area contributed by atoms with Gasteiger partial charge in [0.1, 0.15) is 0 Å². The first kappa shape index (κ1) is 11.7. The second-order valence-corrected chi connectivity index (χ2v) is 4.26. The lowest BCUT2D eigenvalue weighted by atomic mass is 10.2. The fourth-order valence-electron chi connectivity index (χ4n) is 1.36. The van der Waals surface area contributed by atoms with Crippen LogP contribution in [0.25, 0.3) is 11.4 Å². The van der Waals surface area contributed by atoms with Crippen molar-refractivity contribution < 1.29 is 0 Å². The molecule has 2 heterocycles. The SMILES string of the molecule is CSc1nc(N)nc(-c2cc(C)nnc2C)n1. The maximum atomic E-state index is 5.65. The number of aromatic nitrogens is 5. The maximum Gasteiger partial charge on any atom is 0.224 e. The van der Waals surface area contributed by atoms with Crippen LogP contribution >= 0.6 is 11.8 Å². The Morgan fingerprint density at radius 1 is 1.12 bits per heavy atom. The molecule has 0 bridgehead atoms. The van der Waals surface area contributed by atoms with Crippen LogP contribution in [0.1, 0.15) is 11.4 Å². The zero-order chi connectivity index (χ0) is 12.4. The summed E-state index contributed by atoms with van der Waals surface area (Å²) in [5.74, 6) is 0.755. The largest absolute Gasteiger partial charge is 0.368 e. The van der Waals surface area contributed by atoms with Gasteiger partial charge < -0.3 is 5.73 Å². The van der Waals surface area contributed by atoms with Gasteiger partial charge in [-0.1, -0.05) is 11.8 Å². The minimum absolute atomic E-state index is 0.216. The summed E-state index contributed by atoms with van der Waals surface area (Å²) in [7, 11) is 0. The van der Waals surface area contributed by atoms with Gasteiger partial charge in [0.2, 0.25) is 5.95 Å². The van der Waals surface area contributed by atoms with Crippen molar-refractivity contribution in [3.63, 3.8) is 0 Å². The molecule has 0 aliphatic rings. The lowest BCUT2D eigenvalue weighted by molar-refractivity contribution is 0.904. The zero-order valence-corrected chi connectivity index (χ0v) is 10.6. The van der Waals surface area contributed by atoms with Crippen molar-refractivity contribution in [3.05, 3.63) is 17.5 Å². The molecule has 0 aliphatic carbocycles. The van der Waals surface area contributed by atoms with E-state index in [0.29, 0.717) is 11.0 Å². The minimum atomic E-state index is 0.216. The molecule has 0 saturated carbocycles. The van der Waals surface area contributed by atoms with Gasteiger partial charge in [0.25, 0.3) is 0 Å². The van der Waals surface area contributed by atoms with Crippen molar-refractivity contribution in [1.82, 2.24) is 25.1 Å². The van der Waals surface area contributed by atoms with E-state index in [1.165, 1.54) is 11.8 Å². The molecule has 0 amide bonds. The van der Waals surface area contributed by atoms with Crippen molar-refractivity contribution in [1.29, 1.82) is 0 Å². The molecule has 0 radical (unpaired) electrons. The number of nitrogen functional groups attached to an aromatic ring is 1. The molecular weight excluding hydrogens is 236 g/mol. The molecule has 0 unspecified atom stereocenters. The highest BCUT2D eigenvalue weighted by atomic mass is 32.2. The summed E-state index contributed by atoms with van der Waals surface area (Å²) in [6.45, 7) is 3.73. The van der Waals surface area contributed by atoms with E-state index in [9.17, 15) is 0 Å². The first-order valence-corrected chi connectivity index (χ1v) is 6.19. The molecule has 2 rings (SSSR count). The minimum Gasteiger partial charge on any atom is -0.368 e. The van der Waals surface area contributed by atoms with Gasteiger partial charge in [0.05, 0.1) is 11.4 Å². The van der Waals surface area contributed by atoms with E-state index < -0.39 is 0 Å². The summed E-state index contributed by atoms with van der Waals surface area (Å²) in [5.41, 5.74) is 8.07. The van der Waals surface area contributed by atoms with Crippen LogP contribution in [0, 0.1) is 13.8 Å². The van der Waals surface area contributed by atoms with Crippen LogP contribution in [0.3, 0.4) is 0 Å². The average molecular weight is 248 g/mol. The summed E-state index contributed by atoms with van der Waals surface area (Å²) in [6, 6.07) is 1.89.